The predicted octanol–water partition coefficient (Wildman–Crippen LogP) is 1.85. The van der Waals surface area contributed by atoms with Crippen LogP contribution in [0.2, 0.25) is 0 Å². The van der Waals surface area contributed by atoms with E-state index in [9.17, 15) is 4.79 Å². The van der Waals surface area contributed by atoms with E-state index in [0.29, 0.717) is 11.5 Å². The molecule has 1 aromatic carbocycles. The second kappa shape index (κ2) is 4.66. The number of aryl methyl sites for hydroxylation is 1. The minimum atomic E-state index is -0.0582. The molecule has 0 bridgehead atoms. The molecule has 1 amide bonds. The van der Waals surface area contributed by atoms with Gasteiger partial charge in [-0.1, -0.05) is 0 Å². The number of anilines is 1. The molecule has 2 heterocycles. The number of carbonyl (C=O) groups excluding carboxylic acids is 1. The Bertz CT molecular complexity index is 614. The summed E-state index contributed by atoms with van der Waals surface area (Å²) in [4.78, 5) is 18.2. The van der Waals surface area contributed by atoms with Gasteiger partial charge in [0, 0.05) is 25.7 Å². The van der Waals surface area contributed by atoms with Crippen molar-refractivity contribution < 1.29 is 9.21 Å². The molecule has 5 nitrogen and oxygen atoms in total. The van der Waals surface area contributed by atoms with E-state index < -0.39 is 0 Å². The highest BCUT2D eigenvalue weighted by Crippen LogP contribution is 2.23. The number of oxazole rings is 1. The van der Waals surface area contributed by atoms with Crippen LogP contribution in [0.3, 0.4) is 0 Å². The lowest BCUT2D eigenvalue weighted by Crippen LogP contribution is -2.41. The van der Waals surface area contributed by atoms with Crippen molar-refractivity contribution in [3.63, 3.8) is 0 Å². The van der Waals surface area contributed by atoms with Crippen LogP contribution in [-0.4, -0.2) is 30.5 Å². The van der Waals surface area contributed by atoms with Crippen molar-refractivity contribution in [2.45, 2.75) is 25.8 Å². The van der Waals surface area contributed by atoms with Crippen LogP contribution in [0.1, 0.15) is 18.7 Å². The molecule has 1 aliphatic rings. The van der Waals surface area contributed by atoms with E-state index in [-0.39, 0.29) is 11.9 Å². The SMILES string of the molecule is Cc1nc2ccc(N(C)C(=O)C3CCCN3)cc2o1. The predicted molar refractivity (Wildman–Crippen MR) is 73.2 cm³/mol. The minimum Gasteiger partial charge on any atom is -0.441 e. The first-order chi connectivity index (χ1) is 9.15. The fourth-order valence-electron chi connectivity index (χ4n) is 2.49. The Morgan fingerprint density at radius 3 is 3.11 bits per heavy atom. The number of fused-ring (bicyclic) bond motifs is 1. The largest absolute Gasteiger partial charge is 0.441 e. The summed E-state index contributed by atoms with van der Waals surface area (Å²) in [6, 6.07) is 5.59. The van der Waals surface area contributed by atoms with Gasteiger partial charge in [0.25, 0.3) is 0 Å². The molecule has 0 saturated carbocycles. The molecule has 3 rings (SSSR count). The maximum Gasteiger partial charge on any atom is 0.243 e. The zero-order chi connectivity index (χ0) is 13.4. The summed E-state index contributed by atoms with van der Waals surface area (Å²) >= 11 is 0. The zero-order valence-electron chi connectivity index (χ0n) is 11.1. The Morgan fingerprint density at radius 1 is 1.53 bits per heavy atom. The lowest BCUT2D eigenvalue weighted by Gasteiger charge is -2.21. The van der Waals surface area contributed by atoms with Gasteiger partial charge in [-0.15, -0.1) is 0 Å². The average molecular weight is 259 g/mol. The van der Waals surface area contributed by atoms with Gasteiger partial charge >= 0.3 is 0 Å². The first-order valence-electron chi connectivity index (χ1n) is 6.53. The van der Waals surface area contributed by atoms with E-state index in [1.165, 1.54) is 0 Å². The summed E-state index contributed by atoms with van der Waals surface area (Å²) in [6.45, 7) is 2.74. The Hall–Kier alpha value is -1.88. The van der Waals surface area contributed by atoms with Crippen molar-refractivity contribution in [2.75, 3.05) is 18.5 Å². The molecule has 0 radical (unpaired) electrons. The first kappa shape index (κ1) is 12.2. The van der Waals surface area contributed by atoms with Crippen molar-refractivity contribution in [2.24, 2.45) is 0 Å². The smallest absolute Gasteiger partial charge is 0.243 e. The van der Waals surface area contributed by atoms with E-state index in [0.717, 1.165) is 30.6 Å². The van der Waals surface area contributed by atoms with Gasteiger partial charge in [-0.3, -0.25) is 4.79 Å². The lowest BCUT2D eigenvalue weighted by atomic mass is 10.2. The number of aromatic nitrogens is 1. The number of carbonyl (C=O) groups is 1. The molecule has 5 heteroatoms. The van der Waals surface area contributed by atoms with Crippen LogP contribution in [0.25, 0.3) is 11.1 Å². The Balaban J connectivity index is 1.87. The molecule has 1 aromatic heterocycles. The van der Waals surface area contributed by atoms with E-state index in [1.807, 2.05) is 25.1 Å². The summed E-state index contributed by atoms with van der Waals surface area (Å²) in [7, 11) is 1.80. The maximum absolute atomic E-state index is 12.3. The van der Waals surface area contributed by atoms with Crippen molar-refractivity contribution in [1.29, 1.82) is 0 Å². The second-order valence-corrected chi connectivity index (χ2v) is 4.93. The molecular formula is C14H17N3O2. The molecule has 1 N–H and O–H groups in total. The molecule has 19 heavy (non-hydrogen) atoms. The lowest BCUT2D eigenvalue weighted by molar-refractivity contribution is -0.119. The Kier molecular flexibility index (Phi) is 2.98. The topological polar surface area (TPSA) is 58.4 Å². The van der Waals surface area contributed by atoms with Gasteiger partial charge in [0.05, 0.1) is 6.04 Å². The van der Waals surface area contributed by atoms with Gasteiger partial charge in [-0.05, 0) is 31.5 Å². The third-order valence-electron chi connectivity index (χ3n) is 3.56. The monoisotopic (exact) mass is 259 g/mol. The Morgan fingerprint density at radius 2 is 2.37 bits per heavy atom. The van der Waals surface area contributed by atoms with Crippen LogP contribution >= 0.6 is 0 Å². The number of rotatable bonds is 2. The van der Waals surface area contributed by atoms with Crippen LogP contribution in [0.4, 0.5) is 5.69 Å². The van der Waals surface area contributed by atoms with E-state index in [4.69, 9.17) is 4.42 Å². The van der Waals surface area contributed by atoms with Gasteiger partial charge in [0.2, 0.25) is 5.91 Å². The molecule has 1 atom stereocenters. The number of amides is 1. The third-order valence-corrected chi connectivity index (χ3v) is 3.56. The summed E-state index contributed by atoms with van der Waals surface area (Å²) in [5.41, 5.74) is 2.37. The number of nitrogens with one attached hydrogen (secondary N) is 1. The molecule has 1 aliphatic heterocycles. The molecule has 2 aromatic rings. The quantitative estimate of drug-likeness (QED) is 0.894. The molecule has 100 valence electrons. The fraction of sp³-hybridized carbons (Fsp3) is 0.429. The minimum absolute atomic E-state index is 0.0582. The number of benzene rings is 1. The van der Waals surface area contributed by atoms with Crippen LogP contribution in [0, 0.1) is 6.92 Å². The van der Waals surface area contributed by atoms with Crippen LogP contribution in [0.5, 0.6) is 0 Å². The van der Waals surface area contributed by atoms with Gasteiger partial charge in [-0.25, -0.2) is 4.98 Å². The summed E-state index contributed by atoms with van der Waals surface area (Å²) in [5, 5.41) is 3.22. The van der Waals surface area contributed by atoms with E-state index >= 15 is 0 Å². The number of hydrogen-bond donors (Lipinski definition) is 1. The van der Waals surface area contributed by atoms with Gasteiger partial charge in [-0.2, -0.15) is 0 Å². The number of nitrogens with zero attached hydrogens (tertiary/aromatic N) is 2. The van der Waals surface area contributed by atoms with Crippen molar-refractivity contribution >= 4 is 22.7 Å². The van der Waals surface area contributed by atoms with Crippen molar-refractivity contribution in [3.8, 4) is 0 Å². The zero-order valence-corrected chi connectivity index (χ0v) is 11.1. The molecule has 0 spiro atoms. The summed E-state index contributed by atoms with van der Waals surface area (Å²) in [6.07, 6.45) is 1.97. The van der Waals surface area contributed by atoms with E-state index in [2.05, 4.69) is 10.3 Å². The van der Waals surface area contributed by atoms with Crippen LogP contribution in [0.15, 0.2) is 22.6 Å². The van der Waals surface area contributed by atoms with Crippen molar-refractivity contribution in [3.05, 3.63) is 24.1 Å². The first-order valence-corrected chi connectivity index (χ1v) is 6.53. The van der Waals surface area contributed by atoms with E-state index in [1.54, 1.807) is 11.9 Å². The molecule has 1 fully saturated rings. The normalized spacial score (nSPS) is 18.9. The second-order valence-electron chi connectivity index (χ2n) is 4.93. The fourth-order valence-corrected chi connectivity index (χ4v) is 2.49. The maximum atomic E-state index is 12.3. The summed E-state index contributed by atoms with van der Waals surface area (Å²) in [5.74, 6) is 0.742. The molecule has 1 unspecified atom stereocenters. The number of likely N-dealkylation sites (N-methyl/N-ethyl adjacent to an activating group) is 1. The Labute approximate surface area is 111 Å². The standard InChI is InChI=1S/C14H17N3O2/c1-9-16-11-6-5-10(8-13(11)19-9)17(2)14(18)12-4-3-7-15-12/h5-6,8,12,15H,3-4,7H2,1-2H3. The highest BCUT2D eigenvalue weighted by Gasteiger charge is 2.25. The van der Waals surface area contributed by atoms with Crippen molar-refractivity contribution in [1.82, 2.24) is 10.3 Å². The van der Waals surface area contributed by atoms with Gasteiger partial charge in [0.1, 0.15) is 5.52 Å². The van der Waals surface area contributed by atoms with Gasteiger partial charge < -0.3 is 14.6 Å². The molecular weight excluding hydrogens is 242 g/mol. The van der Waals surface area contributed by atoms with Crippen LogP contribution < -0.4 is 10.2 Å². The summed E-state index contributed by atoms with van der Waals surface area (Å²) < 4.78 is 5.50. The number of hydrogen-bond acceptors (Lipinski definition) is 4. The molecule has 0 aliphatic carbocycles. The third kappa shape index (κ3) is 2.21. The highest BCUT2D eigenvalue weighted by molar-refractivity contribution is 5.98. The highest BCUT2D eigenvalue weighted by atomic mass is 16.3. The van der Waals surface area contributed by atoms with Crippen LogP contribution in [-0.2, 0) is 4.79 Å². The van der Waals surface area contributed by atoms with Gasteiger partial charge in [0.15, 0.2) is 11.5 Å². The molecule has 1 saturated heterocycles. The average Bonchev–Trinajstić information content (AvgIpc) is 3.03.